The molecule has 4 nitrogen and oxygen atoms in total. The Morgan fingerprint density at radius 1 is 1.00 bits per heavy atom. The summed E-state index contributed by atoms with van der Waals surface area (Å²) in [6, 6.07) is 12.3. The van der Waals surface area contributed by atoms with Gasteiger partial charge in [0.1, 0.15) is 13.2 Å². The molecule has 0 unspecified atom stereocenters. The standard InChI is InChI=1S/C19H18N2O2S/c1-12-3-4-13(2)15(9-12)20-19-21-16(11-24-19)14-5-6-17-18(10-14)23-8-7-22-17/h3-6,9-11H,7-8H2,1-2H3,(H,20,21). The lowest BCUT2D eigenvalue weighted by atomic mass is 10.1. The maximum Gasteiger partial charge on any atom is 0.187 e. The molecule has 0 aliphatic carbocycles. The number of fused-ring (bicyclic) bond motifs is 1. The summed E-state index contributed by atoms with van der Waals surface area (Å²) in [6.45, 7) is 5.38. The van der Waals surface area contributed by atoms with Crippen LogP contribution in [0.5, 0.6) is 11.5 Å². The molecule has 0 spiro atoms. The van der Waals surface area contributed by atoms with Crippen LogP contribution in [-0.2, 0) is 0 Å². The van der Waals surface area contributed by atoms with Crippen molar-refractivity contribution in [2.45, 2.75) is 13.8 Å². The first-order chi connectivity index (χ1) is 11.7. The Balaban J connectivity index is 1.59. The molecule has 0 bridgehead atoms. The molecule has 2 aromatic carbocycles. The van der Waals surface area contributed by atoms with Crippen molar-refractivity contribution < 1.29 is 9.47 Å². The van der Waals surface area contributed by atoms with Crippen molar-refractivity contribution in [2.75, 3.05) is 18.5 Å². The zero-order chi connectivity index (χ0) is 16.5. The van der Waals surface area contributed by atoms with Crippen molar-refractivity contribution >= 4 is 22.2 Å². The summed E-state index contributed by atoms with van der Waals surface area (Å²) < 4.78 is 11.2. The maximum atomic E-state index is 5.65. The molecular formula is C19H18N2O2S. The SMILES string of the molecule is Cc1ccc(C)c(Nc2nc(-c3ccc4c(c3)OCCO4)cs2)c1. The highest BCUT2D eigenvalue weighted by molar-refractivity contribution is 7.14. The molecule has 0 atom stereocenters. The number of hydrogen-bond donors (Lipinski definition) is 1. The van der Waals surface area contributed by atoms with Crippen molar-refractivity contribution in [3.63, 3.8) is 0 Å². The average molecular weight is 338 g/mol. The maximum absolute atomic E-state index is 5.65. The molecule has 24 heavy (non-hydrogen) atoms. The molecule has 2 heterocycles. The molecule has 0 amide bonds. The van der Waals surface area contributed by atoms with Crippen LogP contribution in [0.1, 0.15) is 11.1 Å². The Labute approximate surface area is 145 Å². The molecule has 0 radical (unpaired) electrons. The lowest BCUT2D eigenvalue weighted by molar-refractivity contribution is 0.171. The summed E-state index contributed by atoms with van der Waals surface area (Å²) in [5.74, 6) is 1.59. The smallest absolute Gasteiger partial charge is 0.187 e. The molecule has 1 aromatic heterocycles. The number of benzene rings is 2. The number of hydrogen-bond acceptors (Lipinski definition) is 5. The monoisotopic (exact) mass is 338 g/mol. The lowest BCUT2D eigenvalue weighted by Gasteiger charge is -2.18. The van der Waals surface area contributed by atoms with Gasteiger partial charge in [0.05, 0.1) is 5.69 Å². The average Bonchev–Trinajstić information content (AvgIpc) is 3.06. The molecule has 0 saturated carbocycles. The van der Waals surface area contributed by atoms with Gasteiger partial charge in [-0.1, -0.05) is 12.1 Å². The first-order valence-electron chi connectivity index (χ1n) is 7.89. The van der Waals surface area contributed by atoms with Gasteiger partial charge < -0.3 is 14.8 Å². The van der Waals surface area contributed by atoms with E-state index in [1.54, 1.807) is 11.3 Å². The van der Waals surface area contributed by atoms with E-state index < -0.39 is 0 Å². The quantitative estimate of drug-likeness (QED) is 0.734. The molecule has 3 aromatic rings. The van der Waals surface area contributed by atoms with Crippen LogP contribution in [0, 0.1) is 13.8 Å². The van der Waals surface area contributed by atoms with Crippen molar-refractivity contribution in [3.8, 4) is 22.8 Å². The van der Waals surface area contributed by atoms with Crippen LogP contribution >= 0.6 is 11.3 Å². The normalized spacial score (nSPS) is 12.9. The second-order valence-corrected chi connectivity index (χ2v) is 6.70. The van der Waals surface area contributed by atoms with Crippen molar-refractivity contribution in [3.05, 3.63) is 52.9 Å². The summed E-state index contributed by atoms with van der Waals surface area (Å²) in [5.41, 5.74) is 5.50. The third-order valence-electron chi connectivity index (χ3n) is 3.98. The molecule has 1 N–H and O–H groups in total. The highest BCUT2D eigenvalue weighted by Crippen LogP contribution is 2.36. The molecule has 0 fully saturated rings. The van der Waals surface area contributed by atoms with Crippen LogP contribution in [0.2, 0.25) is 0 Å². The number of aryl methyl sites for hydroxylation is 2. The van der Waals surface area contributed by atoms with Gasteiger partial charge in [0.15, 0.2) is 16.6 Å². The van der Waals surface area contributed by atoms with Gasteiger partial charge in [-0.2, -0.15) is 0 Å². The van der Waals surface area contributed by atoms with E-state index in [1.807, 2.05) is 18.2 Å². The minimum Gasteiger partial charge on any atom is -0.486 e. The zero-order valence-electron chi connectivity index (χ0n) is 13.6. The Kier molecular flexibility index (Phi) is 3.86. The Hall–Kier alpha value is -2.53. The molecule has 5 heteroatoms. The topological polar surface area (TPSA) is 43.4 Å². The predicted octanol–water partition coefficient (Wildman–Crippen LogP) is 4.94. The minimum atomic E-state index is 0.590. The van der Waals surface area contributed by atoms with E-state index in [-0.39, 0.29) is 0 Å². The third kappa shape index (κ3) is 2.95. The van der Waals surface area contributed by atoms with Crippen molar-refractivity contribution in [1.29, 1.82) is 0 Å². The van der Waals surface area contributed by atoms with Gasteiger partial charge in [-0.25, -0.2) is 4.98 Å². The fourth-order valence-corrected chi connectivity index (χ4v) is 3.38. The molecule has 1 aliphatic rings. The van der Waals surface area contributed by atoms with E-state index in [0.29, 0.717) is 13.2 Å². The van der Waals surface area contributed by atoms with Gasteiger partial charge in [-0.05, 0) is 49.2 Å². The largest absolute Gasteiger partial charge is 0.486 e. The first-order valence-corrected chi connectivity index (χ1v) is 8.77. The number of ether oxygens (including phenoxy) is 2. The number of thiazole rings is 1. The zero-order valence-corrected chi connectivity index (χ0v) is 14.4. The van der Waals surface area contributed by atoms with Crippen LogP contribution in [0.4, 0.5) is 10.8 Å². The van der Waals surface area contributed by atoms with Crippen LogP contribution in [0.25, 0.3) is 11.3 Å². The van der Waals surface area contributed by atoms with Crippen molar-refractivity contribution in [2.24, 2.45) is 0 Å². The molecular weight excluding hydrogens is 320 g/mol. The molecule has 0 saturated heterocycles. The van der Waals surface area contributed by atoms with Gasteiger partial charge in [-0.15, -0.1) is 11.3 Å². The highest BCUT2D eigenvalue weighted by atomic mass is 32.1. The highest BCUT2D eigenvalue weighted by Gasteiger charge is 2.14. The van der Waals surface area contributed by atoms with Crippen LogP contribution < -0.4 is 14.8 Å². The van der Waals surface area contributed by atoms with Gasteiger partial charge >= 0.3 is 0 Å². The van der Waals surface area contributed by atoms with Crippen LogP contribution in [-0.4, -0.2) is 18.2 Å². The number of aromatic nitrogens is 1. The summed E-state index contributed by atoms with van der Waals surface area (Å²) in [5, 5.41) is 6.35. The number of anilines is 2. The van der Waals surface area contributed by atoms with E-state index in [0.717, 1.165) is 33.6 Å². The second kappa shape index (κ2) is 6.17. The van der Waals surface area contributed by atoms with Gasteiger partial charge in [-0.3, -0.25) is 0 Å². The van der Waals surface area contributed by atoms with E-state index in [9.17, 15) is 0 Å². The van der Waals surface area contributed by atoms with Crippen molar-refractivity contribution in [1.82, 2.24) is 4.98 Å². The van der Waals surface area contributed by atoms with Gasteiger partial charge in [0, 0.05) is 16.6 Å². The Morgan fingerprint density at radius 2 is 1.83 bits per heavy atom. The van der Waals surface area contributed by atoms with E-state index in [1.165, 1.54) is 11.1 Å². The first kappa shape index (κ1) is 15.0. The summed E-state index contributed by atoms with van der Waals surface area (Å²) in [6.07, 6.45) is 0. The van der Waals surface area contributed by atoms with Crippen LogP contribution in [0.3, 0.4) is 0 Å². The Bertz CT molecular complexity index is 889. The fraction of sp³-hybridized carbons (Fsp3) is 0.211. The summed E-state index contributed by atoms with van der Waals surface area (Å²) >= 11 is 1.60. The van der Waals surface area contributed by atoms with E-state index in [2.05, 4.69) is 42.7 Å². The van der Waals surface area contributed by atoms with E-state index in [4.69, 9.17) is 14.5 Å². The molecule has 4 rings (SSSR count). The van der Waals surface area contributed by atoms with Gasteiger partial charge in [0.2, 0.25) is 0 Å². The van der Waals surface area contributed by atoms with Crippen LogP contribution in [0.15, 0.2) is 41.8 Å². The second-order valence-electron chi connectivity index (χ2n) is 5.84. The molecule has 1 aliphatic heterocycles. The fourth-order valence-electron chi connectivity index (χ4n) is 2.65. The number of rotatable bonds is 3. The number of nitrogens with zero attached hydrogens (tertiary/aromatic N) is 1. The predicted molar refractivity (Wildman–Crippen MR) is 97.7 cm³/mol. The minimum absolute atomic E-state index is 0.590. The third-order valence-corrected chi connectivity index (χ3v) is 4.73. The molecule has 122 valence electrons. The van der Waals surface area contributed by atoms with Gasteiger partial charge in [0.25, 0.3) is 0 Å². The number of nitrogens with one attached hydrogen (secondary N) is 1. The van der Waals surface area contributed by atoms with E-state index >= 15 is 0 Å². The summed E-state index contributed by atoms with van der Waals surface area (Å²) in [7, 11) is 0. The summed E-state index contributed by atoms with van der Waals surface area (Å²) in [4.78, 5) is 4.71. The Morgan fingerprint density at radius 3 is 2.71 bits per heavy atom. The lowest BCUT2D eigenvalue weighted by Crippen LogP contribution is -2.15.